The van der Waals surface area contributed by atoms with Gasteiger partial charge in [-0.25, -0.2) is 0 Å². The standard InChI is InChI=1S/C13H19N3O3/c1-15-8-6-13(17,7-9-15)10-14-11-4-2-3-5-12(11)16(18)19/h2-5,14,17H,6-10H2,1H3. The number of nitrogens with one attached hydrogen (secondary N) is 1. The Morgan fingerprint density at radius 3 is 2.68 bits per heavy atom. The number of nitrogens with zero attached hydrogens (tertiary/aromatic N) is 2. The van der Waals surface area contributed by atoms with Crippen LogP contribution in [0, 0.1) is 10.1 Å². The molecule has 0 amide bonds. The number of benzene rings is 1. The minimum atomic E-state index is -0.782. The highest BCUT2D eigenvalue weighted by Crippen LogP contribution is 2.26. The van der Waals surface area contributed by atoms with Gasteiger partial charge in [-0.1, -0.05) is 12.1 Å². The van der Waals surface area contributed by atoms with E-state index in [1.165, 1.54) is 6.07 Å². The quantitative estimate of drug-likeness (QED) is 0.636. The summed E-state index contributed by atoms with van der Waals surface area (Å²) in [5.41, 5.74) is -0.283. The van der Waals surface area contributed by atoms with Crippen LogP contribution in [0.1, 0.15) is 12.8 Å². The van der Waals surface area contributed by atoms with Gasteiger partial charge in [-0.2, -0.15) is 0 Å². The predicted molar refractivity (Wildman–Crippen MR) is 73.3 cm³/mol. The maximum Gasteiger partial charge on any atom is 0.292 e. The molecule has 104 valence electrons. The van der Waals surface area contributed by atoms with E-state index in [1.807, 2.05) is 7.05 Å². The molecule has 0 atom stereocenters. The highest BCUT2D eigenvalue weighted by atomic mass is 16.6. The summed E-state index contributed by atoms with van der Waals surface area (Å²) in [7, 11) is 2.02. The Hall–Kier alpha value is -1.66. The summed E-state index contributed by atoms with van der Waals surface area (Å²) in [4.78, 5) is 12.6. The lowest BCUT2D eigenvalue weighted by Gasteiger charge is -2.36. The first-order valence-corrected chi connectivity index (χ1v) is 6.38. The molecule has 1 fully saturated rings. The number of aliphatic hydroxyl groups is 1. The van der Waals surface area contributed by atoms with E-state index in [2.05, 4.69) is 10.2 Å². The largest absolute Gasteiger partial charge is 0.388 e. The van der Waals surface area contributed by atoms with Crippen LogP contribution in [0.5, 0.6) is 0 Å². The van der Waals surface area contributed by atoms with E-state index in [1.54, 1.807) is 18.2 Å². The Morgan fingerprint density at radius 2 is 2.05 bits per heavy atom. The van der Waals surface area contributed by atoms with Crippen LogP contribution >= 0.6 is 0 Å². The van der Waals surface area contributed by atoms with Gasteiger partial charge in [-0.05, 0) is 26.0 Å². The summed E-state index contributed by atoms with van der Waals surface area (Å²) in [6.45, 7) is 2.02. The van der Waals surface area contributed by atoms with Crippen LogP contribution in [-0.4, -0.2) is 47.2 Å². The van der Waals surface area contributed by atoms with Gasteiger partial charge in [0.25, 0.3) is 5.69 Å². The molecule has 0 unspecified atom stereocenters. The van der Waals surface area contributed by atoms with E-state index in [4.69, 9.17) is 0 Å². The van der Waals surface area contributed by atoms with E-state index >= 15 is 0 Å². The third kappa shape index (κ3) is 3.42. The van der Waals surface area contributed by atoms with Gasteiger partial charge >= 0.3 is 0 Å². The van der Waals surface area contributed by atoms with Crippen LogP contribution in [0.25, 0.3) is 0 Å². The lowest BCUT2D eigenvalue weighted by Crippen LogP contribution is -2.47. The molecule has 19 heavy (non-hydrogen) atoms. The monoisotopic (exact) mass is 265 g/mol. The molecule has 6 heteroatoms. The molecule has 1 aromatic carbocycles. The Balaban J connectivity index is 2.01. The summed E-state index contributed by atoms with van der Waals surface area (Å²) in [5.74, 6) is 0. The topological polar surface area (TPSA) is 78.6 Å². The van der Waals surface area contributed by atoms with Crippen molar-refractivity contribution in [1.82, 2.24) is 4.90 Å². The minimum Gasteiger partial charge on any atom is -0.388 e. The molecule has 0 spiro atoms. The highest BCUT2D eigenvalue weighted by molar-refractivity contribution is 5.61. The number of para-hydroxylation sites is 2. The zero-order chi connectivity index (χ0) is 13.9. The first-order chi connectivity index (χ1) is 9.00. The fourth-order valence-electron chi connectivity index (χ4n) is 2.25. The second-order valence-electron chi connectivity index (χ2n) is 5.16. The molecule has 6 nitrogen and oxygen atoms in total. The molecule has 1 saturated heterocycles. The van der Waals surface area contributed by atoms with Gasteiger partial charge < -0.3 is 15.3 Å². The van der Waals surface area contributed by atoms with Crippen molar-refractivity contribution in [2.75, 3.05) is 32.0 Å². The number of anilines is 1. The van der Waals surface area contributed by atoms with Crippen LogP contribution in [0.3, 0.4) is 0 Å². The van der Waals surface area contributed by atoms with Gasteiger partial charge in [-0.3, -0.25) is 10.1 Å². The SMILES string of the molecule is CN1CCC(O)(CNc2ccccc2[N+](=O)[O-])CC1. The molecule has 0 aromatic heterocycles. The summed E-state index contributed by atoms with van der Waals surface area (Å²) < 4.78 is 0. The van der Waals surface area contributed by atoms with E-state index in [-0.39, 0.29) is 5.69 Å². The fourth-order valence-corrected chi connectivity index (χ4v) is 2.25. The smallest absolute Gasteiger partial charge is 0.292 e. The zero-order valence-electron chi connectivity index (χ0n) is 11.0. The lowest BCUT2D eigenvalue weighted by molar-refractivity contribution is -0.384. The molecule has 1 heterocycles. The van der Waals surface area contributed by atoms with E-state index in [0.717, 1.165) is 13.1 Å². The minimum absolute atomic E-state index is 0.0408. The van der Waals surface area contributed by atoms with Crippen LogP contribution in [0.15, 0.2) is 24.3 Å². The number of nitro benzene ring substituents is 1. The summed E-state index contributed by atoms with van der Waals surface area (Å²) >= 11 is 0. The summed E-state index contributed by atoms with van der Waals surface area (Å²) in [6, 6.07) is 6.50. The predicted octanol–water partition coefficient (Wildman–Crippen LogP) is 1.46. The van der Waals surface area contributed by atoms with E-state index in [0.29, 0.717) is 25.1 Å². The molecule has 2 N–H and O–H groups in total. The highest BCUT2D eigenvalue weighted by Gasteiger charge is 2.31. The second-order valence-corrected chi connectivity index (χ2v) is 5.16. The van der Waals surface area contributed by atoms with Crippen molar-refractivity contribution in [2.45, 2.75) is 18.4 Å². The molecule has 0 radical (unpaired) electrons. The fraction of sp³-hybridized carbons (Fsp3) is 0.538. The van der Waals surface area contributed by atoms with E-state index < -0.39 is 10.5 Å². The Kier molecular flexibility index (Phi) is 4.01. The number of rotatable bonds is 4. The number of hydrogen-bond acceptors (Lipinski definition) is 5. The van der Waals surface area contributed by atoms with Crippen LogP contribution in [0.2, 0.25) is 0 Å². The molecule has 1 aliphatic rings. The molecule has 2 rings (SSSR count). The molecule has 0 saturated carbocycles. The van der Waals surface area contributed by atoms with Crippen molar-refractivity contribution in [3.8, 4) is 0 Å². The number of piperidine rings is 1. The van der Waals surface area contributed by atoms with Crippen molar-refractivity contribution >= 4 is 11.4 Å². The number of hydrogen-bond donors (Lipinski definition) is 2. The van der Waals surface area contributed by atoms with Gasteiger partial charge in [0.15, 0.2) is 0 Å². The molecular weight excluding hydrogens is 246 g/mol. The summed E-state index contributed by atoms with van der Waals surface area (Å²) in [5, 5.41) is 24.3. The lowest BCUT2D eigenvalue weighted by atomic mass is 9.91. The molecule has 1 aromatic rings. The van der Waals surface area contributed by atoms with Crippen LogP contribution < -0.4 is 5.32 Å². The molecule has 0 aliphatic carbocycles. The van der Waals surface area contributed by atoms with Gasteiger partial charge in [-0.15, -0.1) is 0 Å². The van der Waals surface area contributed by atoms with Crippen LogP contribution in [-0.2, 0) is 0 Å². The van der Waals surface area contributed by atoms with E-state index in [9.17, 15) is 15.2 Å². The maximum atomic E-state index is 10.9. The van der Waals surface area contributed by atoms with Crippen LogP contribution in [0.4, 0.5) is 11.4 Å². The molecular formula is C13H19N3O3. The number of nitro groups is 1. The maximum absolute atomic E-state index is 10.9. The molecule has 0 bridgehead atoms. The normalized spacial score (nSPS) is 19.1. The third-order valence-corrected chi connectivity index (χ3v) is 3.63. The van der Waals surface area contributed by atoms with Crippen molar-refractivity contribution in [1.29, 1.82) is 0 Å². The second kappa shape index (κ2) is 5.54. The Bertz CT molecular complexity index is 456. The molecule has 1 aliphatic heterocycles. The van der Waals surface area contributed by atoms with Crippen molar-refractivity contribution < 1.29 is 10.0 Å². The van der Waals surface area contributed by atoms with Gasteiger partial charge in [0.2, 0.25) is 0 Å². The average Bonchev–Trinajstić information content (AvgIpc) is 2.41. The Morgan fingerprint density at radius 1 is 1.42 bits per heavy atom. The number of likely N-dealkylation sites (tertiary alicyclic amines) is 1. The van der Waals surface area contributed by atoms with Crippen molar-refractivity contribution in [3.63, 3.8) is 0 Å². The third-order valence-electron chi connectivity index (χ3n) is 3.63. The van der Waals surface area contributed by atoms with Crippen molar-refractivity contribution in [3.05, 3.63) is 34.4 Å². The first kappa shape index (κ1) is 13.8. The average molecular weight is 265 g/mol. The Labute approximate surface area is 112 Å². The van der Waals surface area contributed by atoms with Gasteiger partial charge in [0.1, 0.15) is 5.69 Å². The first-order valence-electron chi connectivity index (χ1n) is 6.38. The van der Waals surface area contributed by atoms with Gasteiger partial charge in [0.05, 0.1) is 10.5 Å². The summed E-state index contributed by atoms with van der Waals surface area (Å²) in [6.07, 6.45) is 1.36. The zero-order valence-corrected chi connectivity index (χ0v) is 11.0. The van der Waals surface area contributed by atoms with Gasteiger partial charge in [0, 0.05) is 25.7 Å². The van der Waals surface area contributed by atoms with Crippen molar-refractivity contribution in [2.24, 2.45) is 0 Å².